The third-order valence-corrected chi connectivity index (χ3v) is 4.06. The van der Waals surface area contributed by atoms with Gasteiger partial charge < -0.3 is 10.3 Å². The summed E-state index contributed by atoms with van der Waals surface area (Å²) >= 11 is 0. The average molecular weight is 339 g/mol. The van der Waals surface area contributed by atoms with E-state index in [2.05, 4.69) is 15.3 Å². The van der Waals surface area contributed by atoms with Gasteiger partial charge in [0, 0.05) is 23.2 Å². The first-order valence-corrected chi connectivity index (χ1v) is 8.04. The van der Waals surface area contributed by atoms with E-state index in [-0.39, 0.29) is 11.6 Å². The average Bonchev–Trinajstić information content (AvgIpc) is 2.59. The van der Waals surface area contributed by atoms with E-state index in [1.165, 1.54) is 24.3 Å². The van der Waals surface area contributed by atoms with Crippen molar-refractivity contribution in [1.82, 2.24) is 15.3 Å². The fraction of sp³-hybridized carbons (Fsp3) is 0.211. The van der Waals surface area contributed by atoms with E-state index >= 15 is 0 Å². The number of carbonyl (C=O) groups excluding carboxylic acids is 1. The highest BCUT2D eigenvalue weighted by molar-refractivity contribution is 6.06. The summed E-state index contributed by atoms with van der Waals surface area (Å²) in [5.41, 5.74) is 1.94. The van der Waals surface area contributed by atoms with Gasteiger partial charge >= 0.3 is 0 Å². The molecule has 1 unspecified atom stereocenters. The third-order valence-electron chi connectivity index (χ3n) is 4.06. The Morgan fingerprint density at radius 3 is 2.80 bits per heavy atom. The summed E-state index contributed by atoms with van der Waals surface area (Å²) in [6.07, 6.45) is 2.33. The molecular weight excluding hydrogens is 321 g/mol. The zero-order valence-electron chi connectivity index (χ0n) is 14.0. The highest BCUT2D eigenvalue weighted by Crippen LogP contribution is 2.20. The minimum absolute atomic E-state index is 0.143. The van der Waals surface area contributed by atoms with Crippen LogP contribution in [0.2, 0.25) is 0 Å². The maximum Gasteiger partial charge on any atom is 0.252 e. The molecular formula is C19H18FN3O2. The number of aromatic amines is 1. The van der Waals surface area contributed by atoms with Crippen LogP contribution in [0.5, 0.6) is 0 Å². The number of amides is 1. The second kappa shape index (κ2) is 6.84. The number of hydrogen-bond donors (Lipinski definition) is 2. The SMILES string of the molecule is CCC(NC(=O)c1cc(=O)[nH]c2ccc(F)cc12)c1cc(C)ccn1. The van der Waals surface area contributed by atoms with Crippen molar-refractivity contribution in [1.29, 1.82) is 0 Å². The summed E-state index contributed by atoms with van der Waals surface area (Å²) in [5.74, 6) is -0.905. The van der Waals surface area contributed by atoms with Crippen LogP contribution in [0.3, 0.4) is 0 Å². The van der Waals surface area contributed by atoms with Gasteiger partial charge in [0.2, 0.25) is 5.56 Å². The predicted octanol–water partition coefficient (Wildman–Crippen LogP) is 3.25. The van der Waals surface area contributed by atoms with E-state index in [0.29, 0.717) is 17.3 Å². The summed E-state index contributed by atoms with van der Waals surface area (Å²) in [4.78, 5) is 31.5. The van der Waals surface area contributed by atoms with E-state index in [1.807, 2.05) is 26.0 Å². The van der Waals surface area contributed by atoms with Crippen molar-refractivity contribution in [2.24, 2.45) is 0 Å². The number of aryl methyl sites for hydroxylation is 1. The number of H-pyrrole nitrogens is 1. The molecule has 1 atom stereocenters. The van der Waals surface area contributed by atoms with Crippen molar-refractivity contribution in [3.63, 3.8) is 0 Å². The maximum absolute atomic E-state index is 13.6. The van der Waals surface area contributed by atoms with Crippen LogP contribution in [0.1, 0.15) is 41.0 Å². The Labute approximate surface area is 143 Å². The molecule has 6 heteroatoms. The molecule has 0 aliphatic rings. The van der Waals surface area contributed by atoms with Crippen LogP contribution < -0.4 is 10.9 Å². The molecule has 0 spiro atoms. The molecule has 5 nitrogen and oxygen atoms in total. The van der Waals surface area contributed by atoms with Gasteiger partial charge in [-0.3, -0.25) is 14.6 Å². The van der Waals surface area contributed by atoms with E-state index in [1.54, 1.807) is 6.20 Å². The number of hydrogen-bond acceptors (Lipinski definition) is 3. The van der Waals surface area contributed by atoms with E-state index in [9.17, 15) is 14.0 Å². The standard InChI is InChI=1S/C19H18FN3O2/c1-3-15(17-8-11(2)6-7-21-17)23-19(25)14-10-18(24)22-16-5-4-12(20)9-13(14)16/h4-10,15H,3H2,1-2H3,(H,22,24)(H,23,25). The number of fused-ring (bicyclic) bond motifs is 1. The Morgan fingerprint density at radius 1 is 1.28 bits per heavy atom. The van der Waals surface area contributed by atoms with E-state index < -0.39 is 17.3 Å². The van der Waals surface area contributed by atoms with Crippen LogP contribution in [-0.4, -0.2) is 15.9 Å². The number of nitrogens with zero attached hydrogens (tertiary/aromatic N) is 1. The van der Waals surface area contributed by atoms with Crippen LogP contribution in [0.25, 0.3) is 10.9 Å². The molecule has 2 aromatic heterocycles. The van der Waals surface area contributed by atoms with Crippen molar-refractivity contribution >= 4 is 16.8 Å². The minimum atomic E-state index is -0.471. The molecule has 0 bridgehead atoms. The van der Waals surface area contributed by atoms with E-state index in [4.69, 9.17) is 0 Å². The Hall–Kier alpha value is -3.02. The van der Waals surface area contributed by atoms with Gasteiger partial charge in [-0.25, -0.2) is 4.39 Å². The fourth-order valence-corrected chi connectivity index (χ4v) is 2.79. The summed E-state index contributed by atoms with van der Waals surface area (Å²) in [7, 11) is 0. The van der Waals surface area contributed by atoms with Gasteiger partial charge in [-0.05, 0) is 49.2 Å². The van der Waals surface area contributed by atoms with E-state index in [0.717, 1.165) is 11.3 Å². The lowest BCUT2D eigenvalue weighted by atomic mass is 10.1. The topological polar surface area (TPSA) is 74.8 Å². The first kappa shape index (κ1) is 16.8. The summed E-state index contributed by atoms with van der Waals surface area (Å²) in [5, 5.41) is 3.25. The normalized spacial score (nSPS) is 12.1. The highest BCUT2D eigenvalue weighted by Gasteiger charge is 2.18. The Morgan fingerprint density at radius 2 is 2.08 bits per heavy atom. The third kappa shape index (κ3) is 3.57. The number of halogens is 1. The number of rotatable bonds is 4. The summed E-state index contributed by atoms with van der Waals surface area (Å²) in [6, 6.07) is 8.61. The van der Waals surface area contributed by atoms with Crippen molar-refractivity contribution in [3.05, 3.63) is 75.6 Å². The number of carbonyl (C=O) groups is 1. The number of nitrogens with one attached hydrogen (secondary N) is 2. The quantitative estimate of drug-likeness (QED) is 0.766. The van der Waals surface area contributed by atoms with Crippen LogP contribution in [0.15, 0.2) is 47.4 Å². The van der Waals surface area contributed by atoms with Crippen molar-refractivity contribution in [2.75, 3.05) is 0 Å². The van der Waals surface area contributed by atoms with Gasteiger partial charge in [0.05, 0.1) is 17.3 Å². The molecule has 1 aromatic carbocycles. The molecule has 0 aliphatic carbocycles. The zero-order valence-corrected chi connectivity index (χ0v) is 14.0. The van der Waals surface area contributed by atoms with Gasteiger partial charge in [-0.15, -0.1) is 0 Å². The van der Waals surface area contributed by atoms with Gasteiger partial charge in [-0.2, -0.15) is 0 Å². The van der Waals surface area contributed by atoms with Crippen molar-refractivity contribution in [3.8, 4) is 0 Å². The zero-order chi connectivity index (χ0) is 18.0. The number of pyridine rings is 2. The van der Waals surface area contributed by atoms with Crippen LogP contribution in [-0.2, 0) is 0 Å². The smallest absolute Gasteiger partial charge is 0.252 e. The molecule has 3 aromatic rings. The van der Waals surface area contributed by atoms with Crippen LogP contribution >= 0.6 is 0 Å². The largest absolute Gasteiger partial charge is 0.344 e. The Balaban J connectivity index is 1.99. The molecule has 0 fully saturated rings. The van der Waals surface area contributed by atoms with Gasteiger partial charge in [-0.1, -0.05) is 6.92 Å². The highest BCUT2D eigenvalue weighted by atomic mass is 19.1. The van der Waals surface area contributed by atoms with Gasteiger partial charge in [0.25, 0.3) is 5.91 Å². The Kier molecular flexibility index (Phi) is 4.61. The van der Waals surface area contributed by atoms with Crippen LogP contribution in [0.4, 0.5) is 4.39 Å². The minimum Gasteiger partial charge on any atom is -0.344 e. The summed E-state index contributed by atoms with van der Waals surface area (Å²) in [6.45, 7) is 3.89. The maximum atomic E-state index is 13.6. The Bertz CT molecular complexity index is 997. The molecule has 2 N–H and O–H groups in total. The fourth-order valence-electron chi connectivity index (χ4n) is 2.79. The molecule has 0 radical (unpaired) electrons. The van der Waals surface area contributed by atoms with Crippen molar-refractivity contribution in [2.45, 2.75) is 26.3 Å². The molecule has 2 heterocycles. The molecule has 3 rings (SSSR count). The van der Waals surface area contributed by atoms with Gasteiger partial charge in [0.1, 0.15) is 5.82 Å². The van der Waals surface area contributed by atoms with Gasteiger partial charge in [0.15, 0.2) is 0 Å². The second-order valence-electron chi connectivity index (χ2n) is 5.93. The molecule has 25 heavy (non-hydrogen) atoms. The number of benzene rings is 1. The molecule has 0 saturated carbocycles. The lowest BCUT2D eigenvalue weighted by molar-refractivity contribution is 0.0936. The molecule has 0 aliphatic heterocycles. The summed E-state index contributed by atoms with van der Waals surface area (Å²) < 4.78 is 13.6. The second-order valence-corrected chi connectivity index (χ2v) is 5.93. The predicted molar refractivity (Wildman–Crippen MR) is 94.0 cm³/mol. The lowest BCUT2D eigenvalue weighted by Gasteiger charge is -2.17. The molecule has 0 saturated heterocycles. The monoisotopic (exact) mass is 339 g/mol. The molecule has 128 valence electrons. The lowest BCUT2D eigenvalue weighted by Crippen LogP contribution is -2.30. The first-order valence-electron chi connectivity index (χ1n) is 8.04. The van der Waals surface area contributed by atoms with Crippen LogP contribution in [0, 0.1) is 12.7 Å². The molecule has 1 amide bonds. The first-order chi connectivity index (χ1) is 12.0. The number of aromatic nitrogens is 2. The van der Waals surface area contributed by atoms with Crippen molar-refractivity contribution < 1.29 is 9.18 Å².